The highest BCUT2D eigenvalue weighted by atomic mass is 127. The highest BCUT2D eigenvalue weighted by molar-refractivity contribution is 14.0. The van der Waals surface area contributed by atoms with E-state index >= 15 is 0 Å². The number of hydrogen-bond acceptors (Lipinski definition) is 6. The van der Waals surface area contributed by atoms with Crippen molar-refractivity contribution in [1.82, 2.24) is 25.3 Å². The monoisotopic (exact) mass is 540 g/mol. The lowest BCUT2D eigenvalue weighted by Crippen LogP contribution is -2.55. The number of ether oxygens (including phenoxy) is 2. The number of nitrogens with one attached hydrogen (secondary N) is 2. The van der Waals surface area contributed by atoms with E-state index in [-0.39, 0.29) is 48.4 Å². The molecule has 0 aromatic heterocycles. The van der Waals surface area contributed by atoms with E-state index in [1.54, 1.807) is 26.1 Å². The van der Waals surface area contributed by atoms with Crippen LogP contribution < -0.4 is 10.6 Å². The molecule has 2 amide bonds. The number of rotatable bonds is 9. The molecule has 2 aliphatic heterocycles. The molecule has 30 heavy (non-hydrogen) atoms. The van der Waals surface area contributed by atoms with E-state index in [9.17, 15) is 9.59 Å². The van der Waals surface area contributed by atoms with Gasteiger partial charge in [0, 0.05) is 67.1 Å². The molecule has 0 bridgehead atoms. The van der Waals surface area contributed by atoms with E-state index in [2.05, 4.69) is 25.4 Å². The molecule has 174 valence electrons. The third kappa shape index (κ3) is 9.75. The van der Waals surface area contributed by atoms with Crippen LogP contribution in [-0.4, -0.2) is 125 Å². The van der Waals surface area contributed by atoms with E-state index < -0.39 is 0 Å². The van der Waals surface area contributed by atoms with Gasteiger partial charge in [0.1, 0.15) is 6.54 Å². The number of amides is 2. The van der Waals surface area contributed by atoms with Crippen molar-refractivity contribution in [2.45, 2.75) is 18.9 Å². The van der Waals surface area contributed by atoms with Gasteiger partial charge in [0.15, 0.2) is 5.96 Å². The minimum atomic E-state index is -0.0345. The standard InChI is InChI=1S/C19H36N6O4.HI/c1-23(2)18(27)14-22-19(21-13-16-5-4-11-29-16)25-9-7-24(8-10-25)15-17(26)20-6-12-28-3;/h16H,4-15H2,1-3H3,(H,20,26)(H,21,22);1H. The number of piperazine rings is 1. The molecular weight excluding hydrogens is 503 g/mol. The van der Waals surface area contributed by atoms with Crippen LogP contribution in [0.5, 0.6) is 0 Å². The second-order valence-corrected chi connectivity index (χ2v) is 7.55. The summed E-state index contributed by atoms with van der Waals surface area (Å²) < 4.78 is 10.6. The lowest BCUT2D eigenvalue weighted by atomic mass is 10.2. The molecule has 2 rings (SSSR count). The van der Waals surface area contributed by atoms with Crippen molar-refractivity contribution >= 4 is 41.8 Å². The molecule has 0 aliphatic carbocycles. The number of carbonyl (C=O) groups excluding carboxylic acids is 2. The fourth-order valence-electron chi connectivity index (χ4n) is 3.23. The summed E-state index contributed by atoms with van der Waals surface area (Å²) in [6.07, 6.45) is 2.33. The van der Waals surface area contributed by atoms with Gasteiger partial charge < -0.3 is 29.9 Å². The van der Waals surface area contributed by atoms with Crippen LogP contribution in [0.25, 0.3) is 0 Å². The fourth-order valence-corrected chi connectivity index (χ4v) is 3.23. The zero-order valence-corrected chi connectivity index (χ0v) is 20.7. The van der Waals surface area contributed by atoms with Gasteiger partial charge in [-0.05, 0) is 12.8 Å². The first-order valence-electron chi connectivity index (χ1n) is 10.3. The molecule has 1 atom stereocenters. The molecule has 1 unspecified atom stereocenters. The van der Waals surface area contributed by atoms with Crippen molar-refractivity contribution < 1.29 is 19.1 Å². The van der Waals surface area contributed by atoms with Crippen LogP contribution in [0.4, 0.5) is 0 Å². The SMILES string of the molecule is COCCNC(=O)CN1CCN(C(=NCC(=O)N(C)C)NCC2CCCO2)CC1.I. The number of likely N-dealkylation sites (N-methyl/N-ethyl adjacent to an activating group) is 1. The Morgan fingerprint density at radius 1 is 1.20 bits per heavy atom. The highest BCUT2D eigenvalue weighted by Crippen LogP contribution is 2.11. The molecule has 2 heterocycles. The van der Waals surface area contributed by atoms with E-state index in [1.807, 2.05) is 0 Å². The van der Waals surface area contributed by atoms with Crippen molar-refractivity contribution in [3.8, 4) is 0 Å². The maximum atomic E-state index is 12.0. The van der Waals surface area contributed by atoms with Crippen molar-refractivity contribution in [3.05, 3.63) is 0 Å². The van der Waals surface area contributed by atoms with Crippen LogP contribution >= 0.6 is 24.0 Å². The van der Waals surface area contributed by atoms with Gasteiger partial charge in [0.05, 0.1) is 19.3 Å². The predicted molar refractivity (Wildman–Crippen MR) is 126 cm³/mol. The third-order valence-electron chi connectivity index (χ3n) is 5.04. The second kappa shape index (κ2) is 14.8. The van der Waals surface area contributed by atoms with Crippen LogP contribution in [0.1, 0.15) is 12.8 Å². The molecular formula is C19H37IN6O4. The van der Waals surface area contributed by atoms with E-state index in [4.69, 9.17) is 9.47 Å². The van der Waals surface area contributed by atoms with Gasteiger partial charge in [-0.1, -0.05) is 0 Å². The Kier molecular flexibility index (Phi) is 13.2. The first-order valence-corrected chi connectivity index (χ1v) is 10.3. The average molecular weight is 540 g/mol. The predicted octanol–water partition coefficient (Wildman–Crippen LogP) is -0.803. The minimum Gasteiger partial charge on any atom is -0.383 e. The molecule has 2 saturated heterocycles. The number of guanidine groups is 1. The minimum absolute atomic E-state index is 0. The van der Waals surface area contributed by atoms with Crippen LogP contribution in [0.15, 0.2) is 4.99 Å². The zero-order chi connectivity index (χ0) is 21.1. The summed E-state index contributed by atoms with van der Waals surface area (Å²) >= 11 is 0. The Morgan fingerprint density at radius 2 is 1.93 bits per heavy atom. The number of aliphatic imine (C=N–C) groups is 1. The maximum absolute atomic E-state index is 12.0. The van der Waals surface area contributed by atoms with Gasteiger partial charge in [0.2, 0.25) is 11.8 Å². The molecule has 2 N–H and O–H groups in total. The summed E-state index contributed by atoms with van der Waals surface area (Å²) in [5, 5.41) is 6.23. The van der Waals surface area contributed by atoms with Crippen LogP contribution in [-0.2, 0) is 19.1 Å². The smallest absolute Gasteiger partial charge is 0.243 e. The average Bonchev–Trinajstić information content (AvgIpc) is 3.22. The molecule has 2 aliphatic rings. The van der Waals surface area contributed by atoms with Gasteiger partial charge in [0.25, 0.3) is 0 Å². The summed E-state index contributed by atoms with van der Waals surface area (Å²) in [7, 11) is 5.07. The van der Waals surface area contributed by atoms with E-state index in [0.717, 1.165) is 51.6 Å². The normalized spacial score (nSPS) is 19.9. The molecule has 10 nitrogen and oxygen atoms in total. The van der Waals surface area contributed by atoms with Gasteiger partial charge in [-0.25, -0.2) is 4.99 Å². The summed E-state index contributed by atoms with van der Waals surface area (Å²) in [5.41, 5.74) is 0. The quantitative estimate of drug-likeness (QED) is 0.171. The molecule has 11 heteroatoms. The Labute approximate surface area is 196 Å². The third-order valence-corrected chi connectivity index (χ3v) is 5.04. The maximum Gasteiger partial charge on any atom is 0.243 e. The summed E-state index contributed by atoms with van der Waals surface area (Å²) in [5.74, 6) is 0.713. The number of methoxy groups -OCH3 is 1. The lowest BCUT2D eigenvalue weighted by molar-refractivity contribution is -0.127. The Hall–Kier alpha value is -1.18. The largest absolute Gasteiger partial charge is 0.383 e. The number of carbonyl (C=O) groups is 2. The van der Waals surface area contributed by atoms with Crippen molar-refractivity contribution in [3.63, 3.8) is 0 Å². The lowest BCUT2D eigenvalue weighted by Gasteiger charge is -2.36. The summed E-state index contributed by atoms with van der Waals surface area (Å²) in [4.78, 5) is 34.3. The van der Waals surface area contributed by atoms with Crippen molar-refractivity contribution in [2.24, 2.45) is 4.99 Å². The van der Waals surface area contributed by atoms with Crippen LogP contribution in [0.2, 0.25) is 0 Å². The van der Waals surface area contributed by atoms with Crippen molar-refractivity contribution in [1.29, 1.82) is 0 Å². The molecule has 0 aromatic carbocycles. The van der Waals surface area contributed by atoms with Gasteiger partial charge >= 0.3 is 0 Å². The molecule has 0 aromatic rings. The second-order valence-electron chi connectivity index (χ2n) is 7.55. The Bertz CT molecular complexity index is 549. The zero-order valence-electron chi connectivity index (χ0n) is 18.4. The summed E-state index contributed by atoms with van der Waals surface area (Å²) in [6.45, 7) is 6.06. The van der Waals surface area contributed by atoms with Gasteiger partial charge in [-0.3, -0.25) is 14.5 Å². The van der Waals surface area contributed by atoms with E-state index in [1.165, 1.54) is 0 Å². The fraction of sp³-hybridized carbons (Fsp3) is 0.842. The van der Waals surface area contributed by atoms with Crippen LogP contribution in [0.3, 0.4) is 0 Å². The van der Waals surface area contributed by atoms with Crippen LogP contribution in [0, 0.1) is 0 Å². The van der Waals surface area contributed by atoms with Crippen molar-refractivity contribution in [2.75, 3.05) is 86.8 Å². The Balaban J connectivity index is 0.00000450. The molecule has 0 saturated carbocycles. The first kappa shape index (κ1) is 26.9. The number of nitrogens with zero attached hydrogens (tertiary/aromatic N) is 4. The Morgan fingerprint density at radius 3 is 2.53 bits per heavy atom. The topological polar surface area (TPSA) is 98.7 Å². The molecule has 0 radical (unpaired) electrons. The molecule has 0 spiro atoms. The highest BCUT2D eigenvalue weighted by Gasteiger charge is 2.23. The number of halogens is 1. The van der Waals surface area contributed by atoms with E-state index in [0.29, 0.717) is 26.2 Å². The van der Waals surface area contributed by atoms with Gasteiger partial charge in [-0.15, -0.1) is 24.0 Å². The summed E-state index contributed by atoms with van der Waals surface area (Å²) in [6, 6.07) is 0. The van der Waals surface area contributed by atoms with Gasteiger partial charge in [-0.2, -0.15) is 0 Å². The number of hydrogen-bond donors (Lipinski definition) is 2. The molecule has 2 fully saturated rings. The first-order chi connectivity index (χ1) is 14.0.